The van der Waals surface area contributed by atoms with Crippen LogP contribution in [0.4, 0.5) is 5.69 Å². The molecule has 1 aromatic rings. The molecule has 1 heterocycles. The maximum absolute atomic E-state index is 11.8. The van der Waals surface area contributed by atoms with Gasteiger partial charge in [0, 0.05) is 5.69 Å². The van der Waals surface area contributed by atoms with Crippen LogP contribution in [0.1, 0.15) is 19.0 Å². The Morgan fingerprint density at radius 3 is 2.75 bits per heavy atom. The minimum atomic E-state index is -0.420. The Morgan fingerprint density at radius 2 is 2.31 bits per heavy atom. The first-order valence-electron chi connectivity index (χ1n) is 5.07. The maximum atomic E-state index is 11.8. The molecule has 1 atom stereocenters. The van der Waals surface area contributed by atoms with E-state index in [0.717, 1.165) is 5.69 Å². The zero-order valence-corrected chi connectivity index (χ0v) is 10.2. The van der Waals surface area contributed by atoms with E-state index in [1.54, 1.807) is 12.3 Å². The van der Waals surface area contributed by atoms with Crippen molar-refractivity contribution in [3.63, 3.8) is 0 Å². The van der Waals surface area contributed by atoms with Gasteiger partial charge in [0.25, 0.3) is 0 Å². The standard InChI is InChI=1S/C11H15N3OS/c1-3-9(10(12)16)11(15)14-8-5-4-7(2)13-6-8/h4-6,9H,3H2,1-2H3,(H2,12,16)(H,14,15). The van der Waals surface area contributed by atoms with Crippen molar-refractivity contribution in [2.24, 2.45) is 11.7 Å². The van der Waals surface area contributed by atoms with Crippen LogP contribution >= 0.6 is 12.2 Å². The normalized spacial score (nSPS) is 11.9. The van der Waals surface area contributed by atoms with Gasteiger partial charge in [0.05, 0.1) is 22.8 Å². The van der Waals surface area contributed by atoms with Crippen molar-refractivity contribution in [3.05, 3.63) is 24.0 Å². The summed E-state index contributed by atoms with van der Waals surface area (Å²) < 4.78 is 0. The fraction of sp³-hybridized carbons (Fsp3) is 0.364. The Kier molecular flexibility index (Phi) is 4.37. The topological polar surface area (TPSA) is 68.0 Å². The second-order valence-corrected chi connectivity index (χ2v) is 4.01. The van der Waals surface area contributed by atoms with Gasteiger partial charge in [0.2, 0.25) is 5.91 Å². The lowest BCUT2D eigenvalue weighted by molar-refractivity contribution is -0.118. The van der Waals surface area contributed by atoms with E-state index in [1.807, 2.05) is 19.9 Å². The summed E-state index contributed by atoms with van der Waals surface area (Å²) in [6, 6.07) is 3.63. The first-order chi connectivity index (χ1) is 7.54. The highest BCUT2D eigenvalue weighted by molar-refractivity contribution is 7.80. The van der Waals surface area contributed by atoms with Crippen LogP contribution in [0.3, 0.4) is 0 Å². The van der Waals surface area contributed by atoms with Crippen molar-refractivity contribution in [2.75, 3.05) is 5.32 Å². The van der Waals surface area contributed by atoms with E-state index in [1.165, 1.54) is 0 Å². The Hall–Kier alpha value is -1.49. The maximum Gasteiger partial charge on any atom is 0.234 e. The lowest BCUT2D eigenvalue weighted by atomic mass is 10.1. The quantitative estimate of drug-likeness (QED) is 0.781. The molecule has 1 unspecified atom stereocenters. The number of carbonyl (C=O) groups is 1. The number of hydrogen-bond acceptors (Lipinski definition) is 3. The minimum Gasteiger partial charge on any atom is -0.393 e. The van der Waals surface area contributed by atoms with Gasteiger partial charge in [0.15, 0.2) is 0 Å². The largest absolute Gasteiger partial charge is 0.393 e. The van der Waals surface area contributed by atoms with Crippen LogP contribution in [0.25, 0.3) is 0 Å². The van der Waals surface area contributed by atoms with Crippen LogP contribution < -0.4 is 11.1 Å². The molecule has 0 bridgehead atoms. The molecule has 0 fully saturated rings. The van der Waals surface area contributed by atoms with Gasteiger partial charge in [-0.25, -0.2) is 0 Å². The molecule has 0 saturated heterocycles. The lowest BCUT2D eigenvalue weighted by Gasteiger charge is -2.13. The number of amides is 1. The van der Waals surface area contributed by atoms with Gasteiger partial charge in [-0.15, -0.1) is 0 Å². The van der Waals surface area contributed by atoms with Crippen molar-refractivity contribution >= 4 is 28.8 Å². The molecule has 5 heteroatoms. The Balaban J connectivity index is 2.70. The number of nitrogens with one attached hydrogen (secondary N) is 1. The van der Waals surface area contributed by atoms with E-state index in [4.69, 9.17) is 18.0 Å². The molecule has 1 rings (SSSR count). The predicted molar refractivity (Wildman–Crippen MR) is 68.2 cm³/mol. The molecule has 0 saturated carbocycles. The van der Waals surface area contributed by atoms with E-state index in [0.29, 0.717) is 12.1 Å². The SMILES string of the molecule is CCC(C(=O)Nc1ccc(C)nc1)C(N)=S. The predicted octanol–water partition coefficient (Wildman–Crippen LogP) is 1.64. The van der Waals surface area contributed by atoms with E-state index in [9.17, 15) is 4.79 Å². The fourth-order valence-electron chi connectivity index (χ4n) is 1.29. The third-order valence-electron chi connectivity index (χ3n) is 2.25. The molecule has 0 aliphatic rings. The first kappa shape index (κ1) is 12.6. The second kappa shape index (κ2) is 5.55. The monoisotopic (exact) mass is 237 g/mol. The smallest absolute Gasteiger partial charge is 0.234 e. The van der Waals surface area contributed by atoms with Crippen LogP contribution in [0.15, 0.2) is 18.3 Å². The average molecular weight is 237 g/mol. The number of aromatic nitrogens is 1. The summed E-state index contributed by atoms with van der Waals surface area (Å²) >= 11 is 4.83. The summed E-state index contributed by atoms with van der Waals surface area (Å²) in [5.74, 6) is -0.600. The molecule has 86 valence electrons. The zero-order valence-electron chi connectivity index (χ0n) is 9.36. The zero-order chi connectivity index (χ0) is 12.1. The summed E-state index contributed by atoms with van der Waals surface area (Å²) in [5, 5.41) is 2.73. The highest BCUT2D eigenvalue weighted by Gasteiger charge is 2.19. The number of anilines is 1. The molecular weight excluding hydrogens is 222 g/mol. The highest BCUT2D eigenvalue weighted by atomic mass is 32.1. The third kappa shape index (κ3) is 3.27. The van der Waals surface area contributed by atoms with Gasteiger partial charge in [0.1, 0.15) is 0 Å². The molecule has 1 amide bonds. The van der Waals surface area contributed by atoms with Crippen LogP contribution in [-0.4, -0.2) is 15.9 Å². The van der Waals surface area contributed by atoms with Crippen LogP contribution in [0.5, 0.6) is 0 Å². The summed E-state index contributed by atoms with van der Waals surface area (Å²) in [6.07, 6.45) is 2.21. The molecule has 16 heavy (non-hydrogen) atoms. The van der Waals surface area contributed by atoms with Gasteiger partial charge >= 0.3 is 0 Å². The molecule has 3 N–H and O–H groups in total. The van der Waals surface area contributed by atoms with Crippen molar-refractivity contribution in [3.8, 4) is 0 Å². The summed E-state index contributed by atoms with van der Waals surface area (Å²) in [7, 11) is 0. The molecule has 0 radical (unpaired) electrons. The van der Waals surface area contributed by atoms with Gasteiger partial charge in [-0.1, -0.05) is 19.1 Å². The van der Waals surface area contributed by atoms with Gasteiger partial charge in [-0.05, 0) is 25.5 Å². The summed E-state index contributed by atoms with van der Waals surface area (Å²) in [6.45, 7) is 3.76. The van der Waals surface area contributed by atoms with Gasteiger partial charge < -0.3 is 11.1 Å². The number of rotatable bonds is 4. The van der Waals surface area contributed by atoms with Gasteiger partial charge in [-0.2, -0.15) is 0 Å². The molecular formula is C11H15N3OS. The number of nitrogens with two attached hydrogens (primary N) is 1. The van der Waals surface area contributed by atoms with Crippen molar-refractivity contribution < 1.29 is 4.79 Å². The van der Waals surface area contributed by atoms with E-state index in [2.05, 4.69) is 10.3 Å². The average Bonchev–Trinajstić information content (AvgIpc) is 2.22. The number of pyridine rings is 1. The number of carbonyl (C=O) groups excluding carboxylic acids is 1. The number of nitrogens with zero attached hydrogens (tertiary/aromatic N) is 1. The Morgan fingerprint density at radius 1 is 1.62 bits per heavy atom. The van der Waals surface area contributed by atoms with Crippen LogP contribution in [-0.2, 0) is 4.79 Å². The van der Waals surface area contributed by atoms with Crippen LogP contribution in [0, 0.1) is 12.8 Å². The van der Waals surface area contributed by atoms with E-state index >= 15 is 0 Å². The van der Waals surface area contributed by atoms with Crippen molar-refractivity contribution in [1.82, 2.24) is 4.98 Å². The van der Waals surface area contributed by atoms with Crippen LogP contribution in [0.2, 0.25) is 0 Å². The second-order valence-electron chi connectivity index (χ2n) is 3.54. The summed E-state index contributed by atoms with van der Waals surface area (Å²) in [5.41, 5.74) is 7.04. The highest BCUT2D eigenvalue weighted by Crippen LogP contribution is 2.10. The number of aryl methyl sites for hydroxylation is 1. The lowest BCUT2D eigenvalue weighted by Crippen LogP contribution is -2.32. The van der Waals surface area contributed by atoms with Gasteiger partial charge in [-0.3, -0.25) is 9.78 Å². The third-order valence-corrected chi connectivity index (χ3v) is 2.53. The molecule has 4 nitrogen and oxygen atoms in total. The fourth-order valence-corrected chi connectivity index (χ4v) is 1.56. The molecule has 0 aliphatic carbocycles. The number of hydrogen-bond donors (Lipinski definition) is 2. The number of thiocarbonyl (C=S) groups is 1. The van der Waals surface area contributed by atoms with E-state index < -0.39 is 5.92 Å². The molecule has 1 aromatic heterocycles. The minimum absolute atomic E-state index is 0.180. The molecule has 0 aromatic carbocycles. The Bertz CT molecular complexity index is 389. The van der Waals surface area contributed by atoms with E-state index in [-0.39, 0.29) is 10.9 Å². The summed E-state index contributed by atoms with van der Waals surface area (Å²) in [4.78, 5) is 16.1. The molecule has 0 aliphatic heterocycles. The molecule has 0 spiro atoms. The first-order valence-corrected chi connectivity index (χ1v) is 5.48. The van der Waals surface area contributed by atoms with Crippen molar-refractivity contribution in [2.45, 2.75) is 20.3 Å². The Labute approximate surface area is 100 Å². The van der Waals surface area contributed by atoms with Crippen molar-refractivity contribution in [1.29, 1.82) is 0 Å².